The molecule has 0 atom stereocenters. The predicted molar refractivity (Wildman–Crippen MR) is 107 cm³/mol. The first-order valence-electron chi connectivity index (χ1n) is 8.89. The first kappa shape index (κ1) is 15.6. The Morgan fingerprint density at radius 1 is 0.778 bits per heavy atom. The Balaban J connectivity index is 1.45. The summed E-state index contributed by atoms with van der Waals surface area (Å²) in [6.07, 6.45) is 2.53. The standard InChI is InChI=1S/C23H17N3O/c1-2-8-17(9-3-1)27-18-10-6-7-16(13-18)14-22-25-21-15-24-20-12-5-4-11-19(20)23(21)26-22/h1-13,15H,14H2,(H,25,26). The van der Waals surface area contributed by atoms with Crippen LogP contribution in [0.2, 0.25) is 0 Å². The van der Waals surface area contributed by atoms with Crippen molar-refractivity contribution in [2.45, 2.75) is 6.42 Å². The van der Waals surface area contributed by atoms with Gasteiger partial charge in [0, 0.05) is 11.8 Å². The maximum absolute atomic E-state index is 5.93. The van der Waals surface area contributed by atoms with Gasteiger partial charge in [-0.3, -0.25) is 4.98 Å². The van der Waals surface area contributed by atoms with Crippen LogP contribution in [0.5, 0.6) is 11.5 Å². The number of para-hydroxylation sites is 2. The predicted octanol–water partition coefficient (Wildman–Crippen LogP) is 5.49. The monoisotopic (exact) mass is 351 g/mol. The van der Waals surface area contributed by atoms with Crippen molar-refractivity contribution in [3.63, 3.8) is 0 Å². The molecule has 5 rings (SSSR count). The van der Waals surface area contributed by atoms with Crippen molar-refractivity contribution in [3.8, 4) is 11.5 Å². The van der Waals surface area contributed by atoms with E-state index in [9.17, 15) is 0 Å². The van der Waals surface area contributed by atoms with E-state index in [0.717, 1.165) is 44.8 Å². The summed E-state index contributed by atoms with van der Waals surface area (Å²) in [5.74, 6) is 2.57. The zero-order valence-electron chi connectivity index (χ0n) is 14.6. The molecule has 5 aromatic rings. The molecular formula is C23H17N3O. The second kappa shape index (κ2) is 6.57. The largest absolute Gasteiger partial charge is 0.457 e. The summed E-state index contributed by atoms with van der Waals surface area (Å²) in [5.41, 5.74) is 4.03. The highest BCUT2D eigenvalue weighted by Crippen LogP contribution is 2.25. The number of H-pyrrole nitrogens is 1. The second-order valence-corrected chi connectivity index (χ2v) is 6.46. The van der Waals surface area contributed by atoms with E-state index in [1.807, 2.05) is 66.9 Å². The molecule has 0 radical (unpaired) electrons. The molecule has 130 valence electrons. The summed E-state index contributed by atoms with van der Waals surface area (Å²) in [6.45, 7) is 0. The fourth-order valence-electron chi connectivity index (χ4n) is 3.29. The Morgan fingerprint density at radius 2 is 1.59 bits per heavy atom. The van der Waals surface area contributed by atoms with Crippen LogP contribution in [0.4, 0.5) is 0 Å². The molecule has 2 heterocycles. The van der Waals surface area contributed by atoms with Crippen LogP contribution in [0.15, 0.2) is 85.1 Å². The Labute approximate surface area is 156 Å². The van der Waals surface area contributed by atoms with Gasteiger partial charge in [0.1, 0.15) is 22.8 Å². The third-order valence-corrected chi connectivity index (χ3v) is 4.53. The molecule has 4 heteroatoms. The molecule has 4 nitrogen and oxygen atoms in total. The number of fused-ring (bicyclic) bond motifs is 3. The van der Waals surface area contributed by atoms with Gasteiger partial charge in [0.05, 0.1) is 17.2 Å². The fraction of sp³-hybridized carbons (Fsp3) is 0.0435. The van der Waals surface area contributed by atoms with Gasteiger partial charge in [0.25, 0.3) is 0 Å². The third-order valence-electron chi connectivity index (χ3n) is 4.53. The van der Waals surface area contributed by atoms with Crippen LogP contribution in [0.1, 0.15) is 11.4 Å². The maximum atomic E-state index is 5.93. The van der Waals surface area contributed by atoms with E-state index in [-0.39, 0.29) is 0 Å². The molecule has 27 heavy (non-hydrogen) atoms. The lowest BCUT2D eigenvalue weighted by Gasteiger charge is -2.07. The van der Waals surface area contributed by atoms with Gasteiger partial charge in [-0.05, 0) is 35.9 Å². The summed E-state index contributed by atoms with van der Waals surface area (Å²) in [5, 5.41) is 1.09. The third kappa shape index (κ3) is 3.13. The van der Waals surface area contributed by atoms with Crippen molar-refractivity contribution in [3.05, 3.63) is 96.4 Å². The lowest BCUT2D eigenvalue weighted by atomic mass is 10.1. The molecule has 0 amide bonds. The molecule has 0 aliphatic heterocycles. The quantitative estimate of drug-likeness (QED) is 0.465. The minimum absolute atomic E-state index is 0.703. The molecule has 0 unspecified atom stereocenters. The SMILES string of the molecule is c1ccc(Oc2cccc(Cc3nc4cnc5ccccc5c4[nH]3)c2)cc1. The number of nitrogens with zero attached hydrogens (tertiary/aromatic N) is 2. The molecule has 1 N–H and O–H groups in total. The van der Waals surface area contributed by atoms with Gasteiger partial charge in [0.2, 0.25) is 0 Å². The number of benzene rings is 3. The highest BCUT2D eigenvalue weighted by Gasteiger charge is 2.08. The topological polar surface area (TPSA) is 50.8 Å². The molecule has 3 aromatic carbocycles. The number of hydrogen-bond donors (Lipinski definition) is 1. The van der Waals surface area contributed by atoms with E-state index in [1.165, 1.54) is 0 Å². The number of aromatic amines is 1. The van der Waals surface area contributed by atoms with Gasteiger partial charge in [-0.1, -0.05) is 48.5 Å². The Kier molecular flexibility index (Phi) is 3.79. The molecule has 0 aliphatic carbocycles. The molecule has 0 saturated heterocycles. The smallest absolute Gasteiger partial charge is 0.127 e. The lowest BCUT2D eigenvalue weighted by Crippen LogP contribution is -1.92. The van der Waals surface area contributed by atoms with Crippen LogP contribution in [-0.4, -0.2) is 15.0 Å². The number of hydrogen-bond acceptors (Lipinski definition) is 3. The van der Waals surface area contributed by atoms with Crippen LogP contribution in [0.25, 0.3) is 21.9 Å². The minimum atomic E-state index is 0.703. The van der Waals surface area contributed by atoms with Crippen LogP contribution in [0.3, 0.4) is 0 Å². The number of pyridine rings is 1. The second-order valence-electron chi connectivity index (χ2n) is 6.46. The van der Waals surface area contributed by atoms with Gasteiger partial charge < -0.3 is 9.72 Å². The zero-order valence-corrected chi connectivity index (χ0v) is 14.6. The van der Waals surface area contributed by atoms with Crippen LogP contribution >= 0.6 is 0 Å². The normalized spacial score (nSPS) is 11.1. The van der Waals surface area contributed by atoms with Crippen molar-refractivity contribution in [2.24, 2.45) is 0 Å². The minimum Gasteiger partial charge on any atom is -0.457 e. The number of aromatic nitrogens is 3. The van der Waals surface area contributed by atoms with E-state index in [2.05, 4.69) is 28.2 Å². The van der Waals surface area contributed by atoms with E-state index in [0.29, 0.717) is 6.42 Å². The fourth-order valence-corrected chi connectivity index (χ4v) is 3.29. The summed E-state index contributed by atoms with van der Waals surface area (Å²) in [7, 11) is 0. The number of nitrogens with one attached hydrogen (secondary N) is 1. The van der Waals surface area contributed by atoms with Crippen molar-refractivity contribution in [1.29, 1.82) is 0 Å². The van der Waals surface area contributed by atoms with Crippen molar-refractivity contribution in [2.75, 3.05) is 0 Å². The van der Waals surface area contributed by atoms with E-state index < -0.39 is 0 Å². The Hall–Kier alpha value is -3.66. The maximum Gasteiger partial charge on any atom is 0.127 e. The van der Waals surface area contributed by atoms with Crippen molar-refractivity contribution < 1.29 is 4.74 Å². The zero-order chi connectivity index (χ0) is 18.1. The molecule has 2 aromatic heterocycles. The van der Waals surface area contributed by atoms with E-state index in [1.54, 1.807) is 0 Å². The number of imidazole rings is 1. The van der Waals surface area contributed by atoms with Crippen LogP contribution in [-0.2, 0) is 6.42 Å². The molecule has 0 spiro atoms. The van der Waals surface area contributed by atoms with E-state index >= 15 is 0 Å². The van der Waals surface area contributed by atoms with Crippen LogP contribution in [0, 0.1) is 0 Å². The molecule has 0 aliphatic rings. The van der Waals surface area contributed by atoms with E-state index in [4.69, 9.17) is 9.72 Å². The van der Waals surface area contributed by atoms with Gasteiger partial charge in [0.15, 0.2) is 0 Å². The number of ether oxygens (including phenoxy) is 1. The molecule has 0 bridgehead atoms. The molecule has 0 saturated carbocycles. The average molecular weight is 351 g/mol. The summed E-state index contributed by atoms with van der Waals surface area (Å²) < 4.78 is 5.93. The first-order chi connectivity index (χ1) is 13.3. The van der Waals surface area contributed by atoms with Crippen LogP contribution < -0.4 is 4.74 Å². The first-order valence-corrected chi connectivity index (χ1v) is 8.89. The van der Waals surface area contributed by atoms with Gasteiger partial charge in [-0.15, -0.1) is 0 Å². The van der Waals surface area contributed by atoms with Crippen molar-refractivity contribution in [1.82, 2.24) is 15.0 Å². The molecular weight excluding hydrogens is 334 g/mol. The Bertz CT molecular complexity index is 1230. The Morgan fingerprint density at radius 3 is 2.52 bits per heavy atom. The van der Waals surface area contributed by atoms with Gasteiger partial charge in [-0.2, -0.15) is 0 Å². The highest BCUT2D eigenvalue weighted by atomic mass is 16.5. The average Bonchev–Trinajstić information content (AvgIpc) is 3.12. The lowest BCUT2D eigenvalue weighted by molar-refractivity contribution is 0.482. The summed E-state index contributed by atoms with van der Waals surface area (Å²) >= 11 is 0. The number of rotatable bonds is 4. The van der Waals surface area contributed by atoms with Gasteiger partial charge >= 0.3 is 0 Å². The summed E-state index contributed by atoms with van der Waals surface area (Å²) in [4.78, 5) is 12.7. The van der Waals surface area contributed by atoms with Gasteiger partial charge in [-0.25, -0.2) is 4.98 Å². The highest BCUT2D eigenvalue weighted by molar-refractivity contribution is 6.01. The molecule has 0 fully saturated rings. The summed E-state index contributed by atoms with van der Waals surface area (Å²) in [6, 6.07) is 26.0. The van der Waals surface area contributed by atoms with Crippen molar-refractivity contribution >= 4 is 21.9 Å².